The molecule has 1 aliphatic rings. The van der Waals surface area contributed by atoms with E-state index in [2.05, 4.69) is 6.26 Å². The smallest absolute Gasteiger partial charge is 0.229 e. The second kappa shape index (κ2) is 5.03. The second-order valence-corrected chi connectivity index (χ2v) is 5.04. The van der Waals surface area contributed by atoms with Gasteiger partial charge in [-0.1, -0.05) is 6.42 Å². The SMILES string of the molecule is CSCCN(C)C(=O)C1(CN)CCC1. The molecule has 0 aromatic heterocycles. The summed E-state index contributed by atoms with van der Waals surface area (Å²) in [6.45, 7) is 1.34. The van der Waals surface area contributed by atoms with E-state index in [1.807, 2.05) is 11.9 Å². The molecule has 2 N–H and O–H groups in total. The van der Waals surface area contributed by atoms with Gasteiger partial charge in [0.2, 0.25) is 5.91 Å². The van der Waals surface area contributed by atoms with Gasteiger partial charge >= 0.3 is 0 Å². The van der Waals surface area contributed by atoms with E-state index in [0.717, 1.165) is 31.6 Å². The molecule has 3 nitrogen and oxygen atoms in total. The number of carbonyl (C=O) groups excluding carboxylic acids is 1. The average molecular weight is 216 g/mol. The van der Waals surface area contributed by atoms with E-state index in [1.165, 1.54) is 0 Å². The monoisotopic (exact) mass is 216 g/mol. The maximum Gasteiger partial charge on any atom is 0.229 e. The van der Waals surface area contributed by atoms with Crippen molar-refractivity contribution in [2.24, 2.45) is 11.1 Å². The first-order chi connectivity index (χ1) is 6.66. The Kier molecular flexibility index (Phi) is 4.26. The zero-order chi connectivity index (χ0) is 10.6. The average Bonchev–Trinajstić information content (AvgIpc) is 2.13. The van der Waals surface area contributed by atoms with Crippen LogP contribution in [0.25, 0.3) is 0 Å². The molecule has 1 rings (SSSR count). The maximum absolute atomic E-state index is 12.0. The lowest BCUT2D eigenvalue weighted by Gasteiger charge is -2.41. The minimum atomic E-state index is -0.201. The summed E-state index contributed by atoms with van der Waals surface area (Å²) in [6.07, 6.45) is 5.16. The Morgan fingerprint density at radius 1 is 1.57 bits per heavy atom. The third kappa shape index (κ3) is 2.23. The largest absolute Gasteiger partial charge is 0.344 e. The first-order valence-corrected chi connectivity index (χ1v) is 6.50. The molecule has 0 atom stereocenters. The first kappa shape index (κ1) is 11.9. The van der Waals surface area contributed by atoms with Crippen molar-refractivity contribution < 1.29 is 4.79 Å². The first-order valence-electron chi connectivity index (χ1n) is 5.11. The maximum atomic E-state index is 12.0. The van der Waals surface area contributed by atoms with Crippen molar-refractivity contribution in [1.29, 1.82) is 0 Å². The number of nitrogens with zero attached hydrogens (tertiary/aromatic N) is 1. The number of thioether (sulfide) groups is 1. The van der Waals surface area contributed by atoms with Crippen LogP contribution in [-0.4, -0.2) is 43.0 Å². The molecule has 4 heteroatoms. The van der Waals surface area contributed by atoms with Crippen molar-refractivity contribution in [2.45, 2.75) is 19.3 Å². The quantitative estimate of drug-likeness (QED) is 0.744. The highest BCUT2D eigenvalue weighted by Gasteiger charge is 2.44. The van der Waals surface area contributed by atoms with Gasteiger partial charge in [0.25, 0.3) is 0 Å². The molecule has 1 saturated carbocycles. The Balaban J connectivity index is 2.46. The molecule has 1 amide bonds. The molecular weight excluding hydrogens is 196 g/mol. The Hall–Kier alpha value is -0.220. The number of amides is 1. The molecule has 1 fully saturated rings. The van der Waals surface area contributed by atoms with Gasteiger partial charge in [-0.15, -0.1) is 0 Å². The molecule has 0 radical (unpaired) electrons. The topological polar surface area (TPSA) is 46.3 Å². The van der Waals surface area contributed by atoms with Crippen molar-refractivity contribution in [1.82, 2.24) is 4.90 Å². The lowest BCUT2D eigenvalue weighted by molar-refractivity contribution is -0.144. The highest BCUT2D eigenvalue weighted by atomic mass is 32.2. The Bertz CT molecular complexity index is 199. The minimum Gasteiger partial charge on any atom is -0.344 e. The van der Waals surface area contributed by atoms with E-state index in [0.29, 0.717) is 6.54 Å². The lowest BCUT2D eigenvalue weighted by atomic mass is 9.68. The van der Waals surface area contributed by atoms with E-state index < -0.39 is 0 Å². The zero-order valence-corrected chi connectivity index (χ0v) is 9.90. The normalized spacial score (nSPS) is 18.8. The molecule has 0 spiro atoms. The van der Waals surface area contributed by atoms with Gasteiger partial charge in [-0.3, -0.25) is 4.79 Å². The van der Waals surface area contributed by atoms with Crippen LogP contribution < -0.4 is 5.73 Å². The van der Waals surface area contributed by atoms with E-state index in [9.17, 15) is 4.79 Å². The number of carbonyl (C=O) groups is 1. The predicted octanol–water partition coefficient (Wildman–Crippen LogP) is 0.937. The van der Waals surface area contributed by atoms with E-state index in [-0.39, 0.29) is 11.3 Å². The van der Waals surface area contributed by atoms with Gasteiger partial charge in [-0.2, -0.15) is 11.8 Å². The molecule has 0 aliphatic heterocycles. The second-order valence-electron chi connectivity index (χ2n) is 4.06. The Morgan fingerprint density at radius 2 is 2.21 bits per heavy atom. The predicted molar refractivity (Wildman–Crippen MR) is 61.4 cm³/mol. The van der Waals surface area contributed by atoms with Gasteiger partial charge in [0.05, 0.1) is 5.41 Å². The molecule has 0 saturated heterocycles. The van der Waals surface area contributed by atoms with Gasteiger partial charge in [0.15, 0.2) is 0 Å². The van der Waals surface area contributed by atoms with Crippen molar-refractivity contribution >= 4 is 17.7 Å². The van der Waals surface area contributed by atoms with E-state index in [1.54, 1.807) is 11.8 Å². The lowest BCUT2D eigenvalue weighted by Crippen LogP contribution is -2.51. The van der Waals surface area contributed by atoms with Crippen LogP contribution in [0.5, 0.6) is 0 Å². The fourth-order valence-electron chi connectivity index (χ4n) is 1.84. The van der Waals surface area contributed by atoms with E-state index >= 15 is 0 Å². The summed E-state index contributed by atoms with van der Waals surface area (Å²) in [5.74, 6) is 1.25. The Morgan fingerprint density at radius 3 is 2.57 bits per heavy atom. The van der Waals surface area contributed by atoms with Crippen molar-refractivity contribution in [3.8, 4) is 0 Å². The number of hydrogen-bond donors (Lipinski definition) is 1. The summed E-state index contributed by atoms with van der Waals surface area (Å²) < 4.78 is 0. The number of rotatable bonds is 5. The fraction of sp³-hybridized carbons (Fsp3) is 0.900. The molecule has 0 bridgehead atoms. The number of hydrogen-bond acceptors (Lipinski definition) is 3. The molecule has 14 heavy (non-hydrogen) atoms. The summed E-state index contributed by atoms with van der Waals surface area (Å²) in [5, 5.41) is 0. The summed E-state index contributed by atoms with van der Waals surface area (Å²) in [4.78, 5) is 13.9. The highest BCUT2D eigenvalue weighted by molar-refractivity contribution is 7.98. The summed E-state index contributed by atoms with van der Waals surface area (Å²) in [6, 6.07) is 0. The Labute approximate surface area is 90.4 Å². The van der Waals surface area contributed by atoms with Crippen LogP contribution in [0.4, 0.5) is 0 Å². The summed E-state index contributed by atoms with van der Waals surface area (Å²) in [5.41, 5.74) is 5.48. The van der Waals surface area contributed by atoms with Crippen LogP contribution in [0.1, 0.15) is 19.3 Å². The molecule has 0 aromatic carbocycles. The summed E-state index contributed by atoms with van der Waals surface area (Å²) in [7, 11) is 1.88. The number of nitrogens with two attached hydrogens (primary N) is 1. The van der Waals surface area contributed by atoms with Gasteiger partial charge in [0.1, 0.15) is 0 Å². The molecule has 0 unspecified atom stereocenters. The van der Waals surface area contributed by atoms with Crippen LogP contribution in [0.15, 0.2) is 0 Å². The minimum absolute atomic E-state index is 0.201. The molecular formula is C10H20N2OS. The van der Waals surface area contributed by atoms with Gasteiger partial charge in [-0.05, 0) is 19.1 Å². The van der Waals surface area contributed by atoms with Crippen molar-refractivity contribution in [3.63, 3.8) is 0 Å². The zero-order valence-electron chi connectivity index (χ0n) is 9.08. The van der Waals surface area contributed by atoms with Gasteiger partial charge < -0.3 is 10.6 Å². The molecule has 82 valence electrons. The van der Waals surface area contributed by atoms with E-state index in [4.69, 9.17) is 5.73 Å². The third-order valence-corrected chi connectivity index (χ3v) is 3.72. The van der Waals surface area contributed by atoms with Crippen molar-refractivity contribution in [3.05, 3.63) is 0 Å². The molecule has 0 aromatic rings. The van der Waals surface area contributed by atoms with Crippen LogP contribution in [0, 0.1) is 5.41 Å². The molecule has 1 aliphatic carbocycles. The van der Waals surface area contributed by atoms with Crippen LogP contribution in [0.2, 0.25) is 0 Å². The molecule has 0 heterocycles. The van der Waals surface area contributed by atoms with Crippen LogP contribution in [0.3, 0.4) is 0 Å². The third-order valence-electron chi connectivity index (χ3n) is 3.13. The van der Waals surface area contributed by atoms with Crippen molar-refractivity contribution in [2.75, 3.05) is 32.1 Å². The van der Waals surface area contributed by atoms with Gasteiger partial charge in [0, 0.05) is 25.9 Å². The standard InChI is InChI=1S/C10H20N2OS/c1-12(6-7-14-2)9(13)10(8-11)4-3-5-10/h3-8,11H2,1-2H3. The summed E-state index contributed by atoms with van der Waals surface area (Å²) >= 11 is 1.77. The van der Waals surface area contributed by atoms with Gasteiger partial charge in [-0.25, -0.2) is 0 Å². The highest BCUT2D eigenvalue weighted by Crippen LogP contribution is 2.41. The van der Waals surface area contributed by atoms with Crippen LogP contribution >= 0.6 is 11.8 Å². The van der Waals surface area contributed by atoms with Crippen LogP contribution in [-0.2, 0) is 4.79 Å². The fourth-order valence-corrected chi connectivity index (χ4v) is 2.30.